The zero-order valence-electron chi connectivity index (χ0n) is 12.0. The van der Waals surface area contributed by atoms with Gasteiger partial charge < -0.3 is 10.2 Å². The van der Waals surface area contributed by atoms with Crippen molar-refractivity contribution in [2.45, 2.75) is 27.2 Å². The number of likely N-dealkylation sites (tertiary alicyclic amines) is 1. The molecule has 0 radical (unpaired) electrons. The smallest absolute Gasteiger partial charge is 0.263 e. The molecule has 4 nitrogen and oxygen atoms in total. The Kier molecular flexibility index (Phi) is 4.93. The summed E-state index contributed by atoms with van der Waals surface area (Å²) in [5.74, 6) is 1.55. The topological polar surface area (TPSA) is 45.2 Å². The first kappa shape index (κ1) is 14.5. The molecule has 1 aromatic rings. The molecule has 19 heavy (non-hydrogen) atoms. The van der Waals surface area contributed by atoms with Crippen LogP contribution in [0.3, 0.4) is 0 Å². The first-order chi connectivity index (χ1) is 9.06. The summed E-state index contributed by atoms with van der Waals surface area (Å²) in [6, 6.07) is 0. The van der Waals surface area contributed by atoms with Crippen LogP contribution in [0.2, 0.25) is 0 Å². The molecule has 1 aliphatic heterocycles. The maximum Gasteiger partial charge on any atom is 0.263 e. The second-order valence-corrected chi connectivity index (χ2v) is 6.58. The monoisotopic (exact) mass is 281 g/mol. The number of thiazole rings is 1. The Labute approximate surface area is 119 Å². The van der Waals surface area contributed by atoms with Crippen molar-refractivity contribution in [3.63, 3.8) is 0 Å². The first-order valence-corrected chi connectivity index (χ1v) is 7.85. The SMILES string of the molecule is Cc1ncsc1C(=O)NCCN1C[C@H](C)C[C@H](C)C1. The Bertz CT molecular complexity index is 422. The molecule has 1 aromatic heterocycles. The number of carbonyl (C=O) groups excluding carboxylic acids is 1. The summed E-state index contributed by atoms with van der Waals surface area (Å²) in [5, 5.41) is 2.99. The molecule has 106 valence electrons. The maximum absolute atomic E-state index is 11.9. The fourth-order valence-corrected chi connectivity index (χ4v) is 3.62. The summed E-state index contributed by atoms with van der Waals surface area (Å²) in [7, 11) is 0. The third-order valence-corrected chi connectivity index (χ3v) is 4.54. The lowest BCUT2D eigenvalue weighted by molar-refractivity contribution is 0.0940. The van der Waals surface area contributed by atoms with E-state index < -0.39 is 0 Å². The van der Waals surface area contributed by atoms with Crippen LogP contribution < -0.4 is 5.32 Å². The van der Waals surface area contributed by atoms with Gasteiger partial charge in [0.25, 0.3) is 5.91 Å². The van der Waals surface area contributed by atoms with Gasteiger partial charge in [-0.1, -0.05) is 13.8 Å². The second-order valence-electron chi connectivity index (χ2n) is 5.73. The summed E-state index contributed by atoms with van der Waals surface area (Å²) in [4.78, 5) is 19.2. The van der Waals surface area contributed by atoms with E-state index in [1.54, 1.807) is 5.51 Å². The molecule has 2 heterocycles. The van der Waals surface area contributed by atoms with Crippen molar-refractivity contribution in [1.29, 1.82) is 0 Å². The van der Waals surface area contributed by atoms with Gasteiger partial charge >= 0.3 is 0 Å². The van der Waals surface area contributed by atoms with E-state index in [0.29, 0.717) is 0 Å². The van der Waals surface area contributed by atoms with E-state index in [-0.39, 0.29) is 5.91 Å². The van der Waals surface area contributed by atoms with Crippen molar-refractivity contribution in [3.05, 3.63) is 16.1 Å². The minimum absolute atomic E-state index is 0.0121. The van der Waals surface area contributed by atoms with E-state index in [0.717, 1.165) is 48.6 Å². The molecule has 0 aliphatic carbocycles. The van der Waals surface area contributed by atoms with Gasteiger partial charge in [-0.05, 0) is 25.2 Å². The van der Waals surface area contributed by atoms with Crippen LogP contribution in [0.1, 0.15) is 35.6 Å². The minimum atomic E-state index is 0.0121. The number of amides is 1. The van der Waals surface area contributed by atoms with E-state index in [1.165, 1.54) is 17.8 Å². The van der Waals surface area contributed by atoms with Crippen molar-refractivity contribution in [2.24, 2.45) is 11.8 Å². The lowest BCUT2D eigenvalue weighted by atomic mass is 9.92. The van der Waals surface area contributed by atoms with E-state index >= 15 is 0 Å². The number of nitrogens with one attached hydrogen (secondary N) is 1. The number of hydrogen-bond acceptors (Lipinski definition) is 4. The molecule has 0 spiro atoms. The molecule has 1 saturated heterocycles. The van der Waals surface area contributed by atoms with Gasteiger partial charge in [0.15, 0.2) is 0 Å². The predicted octanol–water partition coefficient (Wildman–Crippen LogP) is 2.16. The molecule has 0 saturated carbocycles. The Hall–Kier alpha value is -0.940. The minimum Gasteiger partial charge on any atom is -0.350 e. The quantitative estimate of drug-likeness (QED) is 0.920. The number of aryl methyl sites for hydroxylation is 1. The fourth-order valence-electron chi connectivity index (χ4n) is 2.90. The number of hydrogen-bond donors (Lipinski definition) is 1. The summed E-state index contributed by atoms with van der Waals surface area (Å²) >= 11 is 1.41. The molecule has 2 atom stereocenters. The molecule has 0 aromatic carbocycles. The highest BCUT2D eigenvalue weighted by Crippen LogP contribution is 2.20. The van der Waals surface area contributed by atoms with Gasteiger partial charge in [-0.15, -0.1) is 11.3 Å². The number of piperidine rings is 1. The Morgan fingerprint density at radius 3 is 2.74 bits per heavy atom. The molecule has 1 fully saturated rings. The zero-order valence-corrected chi connectivity index (χ0v) is 12.8. The first-order valence-electron chi connectivity index (χ1n) is 6.97. The average molecular weight is 281 g/mol. The van der Waals surface area contributed by atoms with Crippen molar-refractivity contribution >= 4 is 17.2 Å². The maximum atomic E-state index is 11.9. The van der Waals surface area contributed by atoms with Gasteiger partial charge in [0.05, 0.1) is 11.2 Å². The Morgan fingerprint density at radius 1 is 1.47 bits per heavy atom. The van der Waals surface area contributed by atoms with Crippen LogP contribution >= 0.6 is 11.3 Å². The van der Waals surface area contributed by atoms with E-state index in [4.69, 9.17) is 0 Å². The van der Waals surface area contributed by atoms with Crippen LogP contribution in [0.5, 0.6) is 0 Å². The van der Waals surface area contributed by atoms with E-state index in [9.17, 15) is 4.79 Å². The highest BCUT2D eigenvalue weighted by Gasteiger charge is 2.21. The molecule has 0 bridgehead atoms. The average Bonchev–Trinajstić information content (AvgIpc) is 2.74. The molecule has 2 rings (SSSR count). The standard InChI is InChI=1S/C14H23N3OS/c1-10-6-11(2)8-17(7-10)5-4-15-14(18)13-12(3)16-9-19-13/h9-11H,4-8H2,1-3H3,(H,15,18)/t10-,11+. The van der Waals surface area contributed by atoms with Crippen LogP contribution in [0.4, 0.5) is 0 Å². The zero-order chi connectivity index (χ0) is 13.8. The summed E-state index contributed by atoms with van der Waals surface area (Å²) in [5.41, 5.74) is 2.54. The number of carbonyl (C=O) groups is 1. The molecule has 1 amide bonds. The van der Waals surface area contributed by atoms with Crippen LogP contribution in [0.25, 0.3) is 0 Å². The van der Waals surface area contributed by atoms with Gasteiger partial charge in [0, 0.05) is 26.2 Å². The highest BCUT2D eigenvalue weighted by molar-refractivity contribution is 7.11. The van der Waals surface area contributed by atoms with Gasteiger partial charge in [-0.25, -0.2) is 4.98 Å². The van der Waals surface area contributed by atoms with Crippen molar-refractivity contribution in [3.8, 4) is 0 Å². The Balaban J connectivity index is 1.75. The predicted molar refractivity (Wildman–Crippen MR) is 78.6 cm³/mol. The molecule has 1 N–H and O–H groups in total. The summed E-state index contributed by atoms with van der Waals surface area (Å²) < 4.78 is 0. The van der Waals surface area contributed by atoms with Gasteiger partial charge in [0.2, 0.25) is 0 Å². The summed E-state index contributed by atoms with van der Waals surface area (Å²) in [6.07, 6.45) is 1.32. The molecule has 1 aliphatic rings. The highest BCUT2D eigenvalue weighted by atomic mass is 32.1. The van der Waals surface area contributed by atoms with Crippen LogP contribution in [0, 0.1) is 18.8 Å². The normalized spacial score (nSPS) is 24.4. The Morgan fingerprint density at radius 2 is 2.16 bits per heavy atom. The third-order valence-electron chi connectivity index (χ3n) is 3.61. The van der Waals surface area contributed by atoms with Gasteiger partial charge in [0.1, 0.15) is 4.88 Å². The fraction of sp³-hybridized carbons (Fsp3) is 0.714. The lowest BCUT2D eigenvalue weighted by Crippen LogP contribution is -2.42. The lowest BCUT2D eigenvalue weighted by Gasteiger charge is -2.34. The van der Waals surface area contributed by atoms with Crippen LogP contribution in [0.15, 0.2) is 5.51 Å². The van der Waals surface area contributed by atoms with Crippen molar-refractivity contribution < 1.29 is 4.79 Å². The largest absolute Gasteiger partial charge is 0.350 e. The number of aromatic nitrogens is 1. The van der Waals surface area contributed by atoms with E-state index in [1.807, 2.05) is 6.92 Å². The number of nitrogens with zero attached hydrogens (tertiary/aromatic N) is 2. The molecule has 5 heteroatoms. The third kappa shape index (κ3) is 4.01. The van der Waals surface area contributed by atoms with Crippen molar-refractivity contribution in [1.82, 2.24) is 15.2 Å². The van der Waals surface area contributed by atoms with Crippen LogP contribution in [-0.4, -0.2) is 42.0 Å². The second kappa shape index (κ2) is 6.48. The van der Waals surface area contributed by atoms with E-state index in [2.05, 4.69) is 29.0 Å². The van der Waals surface area contributed by atoms with Crippen LogP contribution in [-0.2, 0) is 0 Å². The molecular weight excluding hydrogens is 258 g/mol. The molecule has 0 unspecified atom stereocenters. The van der Waals surface area contributed by atoms with Gasteiger partial charge in [-0.2, -0.15) is 0 Å². The molecular formula is C14H23N3OS. The van der Waals surface area contributed by atoms with Gasteiger partial charge in [-0.3, -0.25) is 4.79 Å². The number of rotatable bonds is 4. The van der Waals surface area contributed by atoms with Crippen molar-refractivity contribution in [2.75, 3.05) is 26.2 Å². The summed E-state index contributed by atoms with van der Waals surface area (Å²) in [6.45, 7) is 10.5.